The molecule has 0 aliphatic rings. The molecule has 0 saturated heterocycles. The molecule has 0 unspecified atom stereocenters. The van der Waals surface area contributed by atoms with Crippen LogP contribution in [0.25, 0.3) is 0 Å². The fraction of sp³-hybridized carbons (Fsp3) is 0.267. The summed E-state index contributed by atoms with van der Waals surface area (Å²) in [7, 11) is 0. The summed E-state index contributed by atoms with van der Waals surface area (Å²) in [6.07, 6.45) is 2.24. The van der Waals surface area contributed by atoms with E-state index < -0.39 is 12.1 Å². The largest absolute Gasteiger partial charge is 0.462 e. The van der Waals surface area contributed by atoms with Gasteiger partial charge in [0.05, 0.1) is 18.9 Å². The van der Waals surface area contributed by atoms with Gasteiger partial charge in [0, 0.05) is 18.2 Å². The van der Waals surface area contributed by atoms with Gasteiger partial charge in [-0.25, -0.2) is 14.4 Å². The summed E-state index contributed by atoms with van der Waals surface area (Å²) < 4.78 is 9.68. The molecule has 0 atom stereocenters. The molecule has 1 aromatic carbocycles. The number of isocyanates is 1. The Kier molecular flexibility index (Phi) is 7.08. The lowest BCUT2D eigenvalue weighted by molar-refractivity contribution is -0.137. The molecule has 1 N–H and O–H groups in total. The maximum absolute atomic E-state index is 11.6. The second kappa shape index (κ2) is 9.10. The summed E-state index contributed by atoms with van der Waals surface area (Å²) in [5.41, 5.74) is 1.53. The van der Waals surface area contributed by atoms with Gasteiger partial charge in [-0.15, -0.1) is 0 Å². The Bertz CT molecular complexity index is 606. The Morgan fingerprint density at radius 3 is 2.77 bits per heavy atom. The van der Waals surface area contributed by atoms with E-state index in [4.69, 9.17) is 9.47 Å². The number of hydrogen-bond donors (Lipinski definition) is 1. The molecule has 0 heterocycles. The number of ether oxygens (including phenoxy) is 2. The van der Waals surface area contributed by atoms with Gasteiger partial charge in [-0.2, -0.15) is 4.99 Å². The number of hydrogen-bond acceptors (Lipinski definition) is 6. The van der Waals surface area contributed by atoms with Crippen molar-refractivity contribution in [3.05, 3.63) is 36.4 Å². The van der Waals surface area contributed by atoms with Crippen LogP contribution in [-0.4, -0.2) is 31.4 Å². The highest BCUT2D eigenvalue weighted by molar-refractivity contribution is 5.87. The fourth-order valence-corrected chi connectivity index (χ4v) is 1.53. The monoisotopic (exact) mass is 304 g/mol. The zero-order chi connectivity index (χ0) is 16.4. The molecule has 0 bridgehead atoms. The molecule has 116 valence electrons. The Balaban J connectivity index is 2.42. The smallest absolute Gasteiger partial charge is 0.411 e. The first kappa shape index (κ1) is 17.1. The second-order valence-corrected chi connectivity index (χ2v) is 4.14. The van der Waals surface area contributed by atoms with Crippen molar-refractivity contribution in [3.63, 3.8) is 0 Å². The third-order valence-corrected chi connectivity index (χ3v) is 2.64. The van der Waals surface area contributed by atoms with Gasteiger partial charge < -0.3 is 9.47 Å². The summed E-state index contributed by atoms with van der Waals surface area (Å²) in [5.74, 6) is -0.521. The molecule has 0 aliphatic heterocycles. The number of carbonyl (C=O) groups is 2. The topological polar surface area (TPSA) is 94.1 Å². The van der Waals surface area contributed by atoms with Crippen LogP contribution in [-0.2, 0) is 19.1 Å². The Labute approximate surface area is 127 Å². The van der Waals surface area contributed by atoms with Gasteiger partial charge >= 0.3 is 12.1 Å². The summed E-state index contributed by atoms with van der Waals surface area (Å²) in [5, 5.41) is 2.54. The number of nitrogens with one attached hydrogen (secondary N) is 1. The van der Waals surface area contributed by atoms with Crippen LogP contribution in [0.4, 0.5) is 16.2 Å². The first-order valence-corrected chi connectivity index (χ1v) is 6.49. The molecule has 0 radical (unpaired) electrons. The minimum absolute atomic E-state index is 0.0987. The van der Waals surface area contributed by atoms with Crippen molar-refractivity contribution in [2.45, 2.75) is 13.3 Å². The number of carbonyl (C=O) groups excluding carboxylic acids is 3. The number of benzene rings is 1. The normalized spacial score (nSPS) is 9.32. The Morgan fingerprint density at radius 1 is 1.36 bits per heavy atom. The third kappa shape index (κ3) is 5.60. The van der Waals surface area contributed by atoms with E-state index in [1.54, 1.807) is 25.1 Å². The molecular formula is C15H16N2O5. The lowest BCUT2D eigenvalue weighted by Crippen LogP contribution is -2.16. The van der Waals surface area contributed by atoms with Crippen molar-refractivity contribution in [1.29, 1.82) is 0 Å². The number of anilines is 1. The molecule has 0 aromatic heterocycles. The van der Waals surface area contributed by atoms with Gasteiger partial charge in [-0.1, -0.05) is 12.6 Å². The lowest BCUT2D eigenvalue weighted by Gasteiger charge is -2.10. The van der Waals surface area contributed by atoms with Gasteiger partial charge in [0.2, 0.25) is 6.08 Å². The number of rotatable bonds is 7. The zero-order valence-electron chi connectivity index (χ0n) is 12.1. The molecule has 7 heteroatoms. The van der Waals surface area contributed by atoms with Gasteiger partial charge in [-0.3, -0.25) is 5.32 Å². The molecule has 0 spiro atoms. The van der Waals surface area contributed by atoms with Crippen LogP contribution >= 0.6 is 0 Å². The first-order valence-electron chi connectivity index (χ1n) is 6.49. The molecule has 7 nitrogen and oxygen atoms in total. The second-order valence-electron chi connectivity index (χ2n) is 4.14. The van der Waals surface area contributed by atoms with E-state index in [0.717, 1.165) is 6.08 Å². The number of aliphatic imine (C=N–C) groups is 1. The predicted molar refractivity (Wildman–Crippen MR) is 79.7 cm³/mol. The third-order valence-electron chi connectivity index (χ3n) is 2.64. The van der Waals surface area contributed by atoms with E-state index in [0.29, 0.717) is 23.4 Å². The highest BCUT2D eigenvalue weighted by Crippen LogP contribution is 2.25. The van der Waals surface area contributed by atoms with Gasteiger partial charge in [0.1, 0.15) is 0 Å². The van der Waals surface area contributed by atoms with Crippen LogP contribution < -0.4 is 5.32 Å². The molecule has 1 aromatic rings. The van der Waals surface area contributed by atoms with E-state index in [9.17, 15) is 14.4 Å². The van der Waals surface area contributed by atoms with Crippen molar-refractivity contribution in [2.75, 3.05) is 18.5 Å². The SMILES string of the molecule is C=CC(=O)OCCCOC(=O)Nc1cccc(N=C=O)c1C. The van der Waals surface area contributed by atoms with Crippen molar-refractivity contribution in [3.8, 4) is 0 Å². The van der Waals surface area contributed by atoms with E-state index in [2.05, 4.69) is 16.9 Å². The molecule has 1 rings (SSSR count). The molecule has 22 heavy (non-hydrogen) atoms. The summed E-state index contributed by atoms with van der Waals surface area (Å²) in [6.45, 7) is 5.21. The molecule has 0 fully saturated rings. The summed E-state index contributed by atoms with van der Waals surface area (Å²) in [4.78, 5) is 36.2. The minimum atomic E-state index is -0.648. The lowest BCUT2D eigenvalue weighted by atomic mass is 10.1. The van der Waals surface area contributed by atoms with Crippen LogP contribution in [0.15, 0.2) is 35.8 Å². The van der Waals surface area contributed by atoms with E-state index in [1.807, 2.05) is 0 Å². The average molecular weight is 304 g/mol. The molecule has 0 aliphatic carbocycles. The predicted octanol–water partition coefficient (Wildman–Crippen LogP) is 2.63. The minimum Gasteiger partial charge on any atom is -0.462 e. The number of esters is 1. The highest BCUT2D eigenvalue weighted by Gasteiger charge is 2.08. The van der Waals surface area contributed by atoms with E-state index in [-0.39, 0.29) is 13.2 Å². The Hall–Kier alpha value is -2.92. The zero-order valence-corrected chi connectivity index (χ0v) is 12.1. The molecule has 0 saturated carbocycles. The van der Waals surface area contributed by atoms with Crippen molar-refractivity contribution < 1.29 is 23.9 Å². The van der Waals surface area contributed by atoms with E-state index in [1.165, 1.54) is 6.08 Å². The molecular weight excluding hydrogens is 288 g/mol. The standard InChI is InChI=1S/C15H16N2O5/c1-3-14(19)21-8-5-9-22-15(20)17-13-7-4-6-12(11(13)2)16-10-18/h3-4,6-7H,1,5,8-9H2,2H3,(H,17,20). The maximum atomic E-state index is 11.6. The first-order chi connectivity index (χ1) is 10.6. The van der Waals surface area contributed by atoms with Crippen molar-refractivity contribution in [1.82, 2.24) is 0 Å². The van der Waals surface area contributed by atoms with E-state index >= 15 is 0 Å². The summed E-state index contributed by atoms with van der Waals surface area (Å²) in [6, 6.07) is 4.94. The van der Waals surface area contributed by atoms with Gasteiger partial charge in [0.15, 0.2) is 0 Å². The molecule has 1 amide bonds. The van der Waals surface area contributed by atoms with Crippen LogP contribution in [0.1, 0.15) is 12.0 Å². The quantitative estimate of drug-likeness (QED) is 0.275. The fourth-order valence-electron chi connectivity index (χ4n) is 1.53. The highest BCUT2D eigenvalue weighted by atomic mass is 16.6. The van der Waals surface area contributed by atoms with Gasteiger partial charge in [-0.05, 0) is 24.6 Å². The number of amides is 1. The van der Waals surface area contributed by atoms with Crippen LogP contribution in [0.5, 0.6) is 0 Å². The Morgan fingerprint density at radius 2 is 2.09 bits per heavy atom. The number of nitrogens with zero attached hydrogens (tertiary/aromatic N) is 1. The summed E-state index contributed by atoms with van der Waals surface area (Å²) >= 11 is 0. The van der Waals surface area contributed by atoms with Crippen molar-refractivity contribution >= 4 is 29.5 Å². The average Bonchev–Trinajstić information content (AvgIpc) is 2.51. The van der Waals surface area contributed by atoms with Crippen LogP contribution in [0, 0.1) is 6.92 Å². The van der Waals surface area contributed by atoms with Crippen LogP contribution in [0.3, 0.4) is 0 Å². The van der Waals surface area contributed by atoms with Gasteiger partial charge in [0.25, 0.3) is 0 Å². The van der Waals surface area contributed by atoms with Crippen LogP contribution in [0.2, 0.25) is 0 Å². The maximum Gasteiger partial charge on any atom is 0.411 e. The van der Waals surface area contributed by atoms with Crippen molar-refractivity contribution in [2.24, 2.45) is 4.99 Å².